The number of rotatable bonds is 3. The summed E-state index contributed by atoms with van der Waals surface area (Å²) in [6.45, 7) is 2.01. The molecule has 0 unspecified atom stereocenters. The molecule has 4 nitrogen and oxygen atoms in total. The fourth-order valence-electron chi connectivity index (χ4n) is 1.47. The first-order valence-electron chi connectivity index (χ1n) is 4.92. The van der Waals surface area contributed by atoms with Crippen molar-refractivity contribution in [1.82, 2.24) is 4.98 Å². The number of hydrogen-bond acceptors (Lipinski definition) is 4. The van der Waals surface area contributed by atoms with Gasteiger partial charge in [0.1, 0.15) is 5.52 Å². The lowest BCUT2D eigenvalue weighted by atomic mass is 10.1. The Morgan fingerprint density at radius 2 is 2.31 bits per heavy atom. The highest BCUT2D eigenvalue weighted by molar-refractivity contribution is 9.10. The van der Waals surface area contributed by atoms with Crippen molar-refractivity contribution >= 4 is 32.8 Å². The lowest BCUT2D eigenvalue weighted by Crippen LogP contribution is -2.02. The van der Waals surface area contributed by atoms with Gasteiger partial charge in [0.05, 0.1) is 4.47 Å². The van der Waals surface area contributed by atoms with E-state index in [1.165, 1.54) is 6.92 Å². The quantitative estimate of drug-likeness (QED) is 0.877. The summed E-state index contributed by atoms with van der Waals surface area (Å²) in [6, 6.07) is 3.47. The molecule has 5 heteroatoms. The first-order valence-corrected chi connectivity index (χ1v) is 5.71. The number of aromatic nitrogens is 1. The van der Waals surface area contributed by atoms with Crippen LogP contribution in [-0.4, -0.2) is 17.3 Å². The van der Waals surface area contributed by atoms with E-state index in [-0.39, 0.29) is 5.78 Å². The number of Topliss-reactive ketones (excluding diaryl/α,β-unsaturated/α-hetero) is 1. The predicted molar refractivity (Wildman–Crippen MR) is 64.5 cm³/mol. The zero-order valence-electron chi connectivity index (χ0n) is 8.79. The number of fused-ring (bicyclic) bond motifs is 1. The van der Waals surface area contributed by atoms with Gasteiger partial charge in [-0.1, -0.05) is 0 Å². The Kier molecular flexibility index (Phi) is 3.07. The van der Waals surface area contributed by atoms with E-state index in [1.54, 1.807) is 12.1 Å². The summed E-state index contributed by atoms with van der Waals surface area (Å²) >= 11 is 3.36. The fourth-order valence-corrected chi connectivity index (χ4v) is 2.00. The summed E-state index contributed by atoms with van der Waals surface area (Å²) in [7, 11) is 0. The number of nitrogens with zero attached hydrogens (tertiary/aromatic N) is 1. The lowest BCUT2D eigenvalue weighted by molar-refractivity contribution is 0.101. The Hall–Kier alpha value is -1.20. The minimum Gasteiger partial charge on any atom is -0.439 e. The summed E-state index contributed by atoms with van der Waals surface area (Å²) < 4.78 is 6.27. The van der Waals surface area contributed by atoms with Crippen LogP contribution in [0.3, 0.4) is 0 Å². The van der Waals surface area contributed by atoms with Gasteiger partial charge < -0.3 is 10.2 Å². The van der Waals surface area contributed by atoms with Crippen LogP contribution in [0.25, 0.3) is 11.1 Å². The summed E-state index contributed by atoms with van der Waals surface area (Å²) in [5.74, 6) is 0.602. The second-order valence-corrected chi connectivity index (χ2v) is 4.36. The fraction of sp³-hybridized carbons (Fsp3) is 0.273. The first-order chi connectivity index (χ1) is 7.61. The van der Waals surface area contributed by atoms with Crippen molar-refractivity contribution < 1.29 is 9.21 Å². The number of carbonyl (C=O) groups excluding carboxylic acids is 1. The van der Waals surface area contributed by atoms with Crippen LogP contribution >= 0.6 is 15.9 Å². The van der Waals surface area contributed by atoms with E-state index in [0.717, 1.165) is 4.47 Å². The molecule has 2 aromatic rings. The molecule has 0 aliphatic heterocycles. The SMILES string of the molecule is CC(=O)c1cc(Br)c2oc(CCN)nc2c1. The third kappa shape index (κ3) is 2.01. The Morgan fingerprint density at radius 3 is 2.94 bits per heavy atom. The predicted octanol–water partition coefficient (Wildman–Crippen LogP) is 2.29. The summed E-state index contributed by atoms with van der Waals surface area (Å²) in [4.78, 5) is 15.6. The van der Waals surface area contributed by atoms with Crippen LogP contribution in [0.5, 0.6) is 0 Å². The molecule has 0 spiro atoms. The Balaban J connectivity index is 2.58. The molecule has 1 aromatic heterocycles. The van der Waals surface area contributed by atoms with Gasteiger partial charge in [-0.3, -0.25) is 4.79 Å². The van der Waals surface area contributed by atoms with E-state index in [2.05, 4.69) is 20.9 Å². The monoisotopic (exact) mass is 282 g/mol. The van der Waals surface area contributed by atoms with Crippen molar-refractivity contribution in [2.24, 2.45) is 5.73 Å². The molecular weight excluding hydrogens is 272 g/mol. The van der Waals surface area contributed by atoms with Gasteiger partial charge in [0.15, 0.2) is 17.3 Å². The largest absolute Gasteiger partial charge is 0.439 e. The molecule has 0 bridgehead atoms. The van der Waals surface area contributed by atoms with E-state index < -0.39 is 0 Å². The van der Waals surface area contributed by atoms with E-state index in [0.29, 0.717) is 35.5 Å². The summed E-state index contributed by atoms with van der Waals surface area (Å²) in [5, 5.41) is 0. The van der Waals surface area contributed by atoms with Crippen molar-refractivity contribution in [2.45, 2.75) is 13.3 Å². The lowest BCUT2D eigenvalue weighted by Gasteiger charge is -1.96. The van der Waals surface area contributed by atoms with E-state index in [9.17, 15) is 4.79 Å². The standard InChI is InChI=1S/C11H11BrN2O2/c1-6(15)7-4-8(12)11-9(5-7)14-10(16-11)2-3-13/h4-5H,2-3,13H2,1H3. The highest BCUT2D eigenvalue weighted by Crippen LogP contribution is 2.27. The summed E-state index contributed by atoms with van der Waals surface area (Å²) in [5.41, 5.74) is 7.39. The van der Waals surface area contributed by atoms with Crippen LogP contribution in [0.15, 0.2) is 21.0 Å². The van der Waals surface area contributed by atoms with Gasteiger partial charge in [0.2, 0.25) is 0 Å². The molecule has 84 valence electrons. The Labute approximate surface area is 101 Å². The van der Waals surface area contributed by atoms with Crippen molar-refractivity contribution in [3.05, 3.63) is 28.1 Å². The second kappa shape index (κ2) is 4.35. The number of hydrogen-bond donors (Lipinski definition) is 1. The van der Waals surface area contributed by atoms with Crippen LogP contribution in [-0.2, 0) is 6.42 Å². The van der Waals surface area contributed by atoms with Crippen molar-refractivity contribution in [1.29, 1.82) is 0 Å². The van der Waals surface area contributed by atoms with Crippen LogP contribution in [0, 0.1) is 0 Å². The number of nitrogens with two attached hydrogens (primary N) is 1. The minimum atomic E-state index is 0.00553. The van der Waals surface area contributed by atoms with Gasteiger partial charge in [0, 0.05) is 18.5 Å². The zero-order valence-corrected chi connectivity index (χ0v) is 10.4. The molecule has 1 aromatic carbocycles. The molecular formula is C11H11BrN2O2. The number of oxazole rings is 1. The molecule has 1 heterocycles. The van der Waals surface area contributed by atoms with Crippen molar-refractivity contribution in [2.75, 3.05) is 6.54 Å². The van der Waals surface area contributed by atoms with Crippen molar-refractivity contribution in [3.8, 4) is 0 Å². The normalized spacial score (nSPS) is 10.9. The van der Waals surface area contributed by atoms with Gasteiger partial charge in [-0.15, -0.1) is 0 Å². The molecule has 0 aliphatic rings. The van der Waals surface area contributed by atoms with Gasteiger partial charge in [-0.2, -0.15) is 0 Å². The Bertz CT molecular complexity index is 548. The smallest absolute Gasteiger partial charge is 0.196 e. The van der Waals surface area contributed by atoms with E-state index in [4.69, 9.17) is 10.2 Å². The van der Waals surface area contributed by atoms with Gasteiger partial charge in [0.25, 0.3) is 0 Å². The average molecular weight is 283 g/mol. The first kappa shape index (κ1) is 11.3. The van der Waals surface area contributed by atoms with Crippen LogP contribution in [0.4, 0.5) is 0 Å². The van der Waals surface area contributed by atoms with Gasteiger partial charge >= 0.3 is 0 Å². The highest BCUT2D eigenvalue weighted by atomic mass is 79.9. The molecule has 0 fully saturated rings. The maximum absolute atomic E-state index is 11.3. The average Bonchev–Trinajstić information content (AvgIpc) is 2.61. The molecule has 0 saturated heterocycles. The number of benzene rings is 1. The third-order valence-corrected chi connectivity index (χ3v) is 2.84. The molecule has 0 radical (unpaired) electrons. The van der Waals surface area contributed by atoms with Crippen molar-refractivity contribution in [3.63, 3.8) is 0 Å². The van der Waals surface area contributed by atoms with E-state index in [1.807, 2.05) is 0 Å². The molecule has 2 N–H and O–H groups in total. The van der Waals surface area contributed by atoms with Crippen LogP contribution < -0.4 is 5.73 Å². The number of ketones is 1. The second-order valence-electron chi connectivity index (χ2n) is 3.51. The Morgan fingerprint density at radius 1 is 1.56 bits per heavy atom. The van der Waals surface area contributed by atoms with Crippen LogP contribution in [0.2, 0.25) is 0 Å². The summed E-state index contributed by atoms with van der Waals surface area (Å²) in [6.07, 6.45) is 0.594. The molecule has 0 atom stereocenters. The maximum Gasteiger partial charge on any atom is 0.196 e. The van der Waals surface area contributed by atoms with E-state index >= 15 is 0 Å². The van der Waals surface area contributed by atoms with Gasteiger partial charge in [-0.05, 0) is 35.0 Å². The third-order valence-electron chi connectivity index (χ3n) is 2.25. The molecule has 0 aliphatic carbocycles. The molecule has 0 saturated carbocycles. The minimum absolute atomic E-state index is 0.00553. The zero-order chi connectivity index (χ0) is 11.7. The molecule has 16 heavy (non-hydrogen) atoms. The number of carbonyl (C=O) groups is 1. The molecule has 0 amide bonds. The topological polar surface area (TPSA) is 69.1 Å². The van der Waals surface area contributed by atoms with Crippen LogP contribution in [0.1, 0.15) is 23.2 Å². The van der Waals surface area contributed by atoms with Gasteiger partial charge in [-0.25, -0.2) is 4.98 Å². The maximum atomic E-state index is 11.3. The molecule has 2 rings (SSSR count). The number of halogens is 1. The highest BCUT2D eigenvalue weighted by Gasteiger charge is 2.11.